The summed E-state index contributed by atoms with van der Waals surface area (Å²) >= 11 is 0. The summed E-state index contributed by atoms with van der Waals surface area (Å²) in [6.45, 7) is 11.3. The first-order chi connectivity index (χ1) is 25.4. The van der Waals surface area contributed by atoms with E-state index in [1.165, 1.54) is 12.5 Å². The molecule has 0 saturated heterocycles. The molecule has 9 heteroatoms. The lowest BCUT2D eigenvalue weighted by molar-refractivity contribution is -0.0957. The summed E-state index contributed by atoms with van der Waals surface area (Å²) in [5.41, 5.74) is 5.00. The molecule has 2 atom stereocenters. The lowest BCUT2D eigenvalue weighted by Crippen LogP contribution is -2.52. The minimum atomic E-state index is -2.25. The van der Waals surface area contributed by atoms with E-state index in [0.29, 0.717) is 52.9 Å². The van der Waals surface area contributed by atoms with E-state index < -0.39 is 17.2 Å². The van der Waals surface area contributed by atoms with Crippen molar-refractivity contribution in [3.05, 3.63) is 142 Å². The van der Waals surface area contributed by atoms with Crippen molar-refractivity contribution in [2.75, 3.05) is 26.2 Å². The molecule has 0 aromatic heterocycles. The Bertz CT molecular complexity index is 2050. The number of benzene rings is 3. The van der Waals surface area contributed by atoms with Crippen LogP contribution in [0.15, 0.2) is 108 Å². The van der Waals surface area contributed by atoms with Gasteiger partial charge in [0.1, 0.15) is 0 Å². The molecule has 9 nitrogen and oxygen atoms in total. The number of carbonyl (C=O) groups excluding carboxylic acids is 3. The monoisotopic (exact) mass is 726 g/mol. The van der Waals surface area contributed by atoms with Gasteiger partial charge in [0, 0.05) is 64.7 Å². The fourth-order valence-electron chi connectivity index (χ4n) is 9.24. The summed E-state index contributed by atoms with van der Waals surface area (Å²) in [4.78, 5) is 54.7. The van der Waals surface area contributed by atoms with Gasteiger partial charge >= 0.3 is 5.97 Å². The molecule has 3 aromatic rings. The summed E-state index contributed by atoms with van der Waals surface area (Å²) in [6, 6.07) is 20.6. The molecule has 3 N–H and O–H groups in total. The van der Waals surface area contributed by atoms with Crippen LogP contribution >= 0.6 is 0 Å². The molecule has 0 bridgehead atoms. The van der Waals surface area contributed by atoms with Gasteiger partial charge in [0.15, 0.2) is 5.78 Å². The number of allylic oxidation sites excluding steroid dienone is 3. The van der Waals surface area contributed by atoms with Crippen LogP contribution in [-0.4, -0.2) is 80.7 Å². The zero-order chi connectivity index (χ0) is 38.8. The van der Waals surface area contributed by atoms with Crippen LogP contribution in [0.3, 0.4) is 0 Å². The van der Waals surface area contributed by atoms with Crippen LogP contribution in [0.2, 0.25) is 0 Å². The number of aliphatic hydroxyl groups is 2. The number of amides is 2. The number of fused-ring (bicyclic) bond motifs is 2. The fraction of sp³-hybridized carbons (Fsp3) is 0.333. The summed E-state index contributed by atoms with van der Waals surface area (Å²) in [6.07, 6.45) is 9.09. The van der Waals surface area contributed by atoms with Gasteiger partial charge in [-0.15, -0.1) is 0 Å². The van der Waals surface area contributed by atoms with Crippen molar-refractivity contribution in [2.45, 2.75) is 53.2 Å². The number of ketones is 1. The van der Waals surface area contributed by atoms with Crippen molar-refractivity contribution >= 4 is 34.7 Å². The van der Waals surface area contributed by atoms with Gasteiger partial charge in [-0.25, -0.2) is 4.79 Å². The van der Waals surface area contributed by atoms with Crippen LogP contribution in [-0.2, 0) is 0 Å². The first kappa shape index (κ1) is 37.0. The maximum absolute atomic E-state index is 14.0. The molecule has 0 spiro atoms. The van der Waals surface area contributed by atoms with E-state index in [1.807, 2.05) is 24.0 Å². The Balaban J connectivity index is 1.06. The van der Waals surface area contributed by atoms with Crippen molar-refractivity contribution in [2.24, 2.45) is 16.2 Å². The highest BCUT2D eigenvalue weighted by Crippen LogP contribution is 2.55. The number of aromatic carboxylic acids is 1. The van der Waals surface area contributed by atoms with Gasteiger partial charge in [-0.1, -0.05) is 100 Å². The van der Waals surface area contributed by atoms with Gasteiger partial charge in [-0.2, -0.15) is 0 Å². The smallest absolute Gasteiger partial charge is 0.335 e. The normalized spacial score (nSPS) is 24.2. The molecule has 4 aliphatic rings. The number of carbonyl (C=O) groups is 4. The van der Waals surface area contributed by atoms with Gasteiger partial charge in [0.05, 0.1) is 5.56 Å². The largest absolute Gasteiger partial charge is 0.478 e. The number of Topliss-reactive ketones (excluding diaryl/α,β-unsaturated/α-hetero) is 1. The van der Waals surface area contributed by atoms with Gasteiger partial charge in [-0.05, 0) is 72.4 Å². The predicted molar refractivity (Wildman–Crippen MR) is 207 cm³/mol. The van der Waals surface area contributed by atoms with Crippen LogP contribution in [0, 0.1) is 16.2 Å². The zero-order valence-electron chi connectivity index (χ0n) is 31.3. The average molecular weight is 727 g/mol. The highest BCUT2D eigenvalue weighted by Gasteiger charge is 2.50. The Labute approximate surface area is 315 Å². The maximum atomic E-state index is 14.0. The molecular formula is C45H46N2O7. The van der Waals surface area contributed by atoms with E-state index >= 15 is 0 Å². The second-order valence-corrected chi connectivity index (χ2v) is 16.3. The van der Waals surface area contributed by atoms with Gasteiger partial charge in [0.25, 0.3) is 11.8 Å². The maximum Gasteiger partial charge on any atom is 0.335 e. The van der Waals surface area contributed by atoms with Gasteiger partial charge < -0.3 is 25.1 Å². The van der Waals surface area contributed by atoms with Crippen molar-refractivity contribution in [3.63, 3.8) is 0 Å². The molecule has 278 valence electrons. The van der Waals surface area contributed by atoms with E-state index in [1.54, 1.807) is 77.7 Å². The standard InChI is InChI=1S/C45H46N2O7/c1-28(48)29-9-11-31(12-10-29)36-18-22-44(5)27-47(24-20-38(44)45(36,53)54)40(50)34-8-6-7-33(25-34)39(49)46-23-19-37-42(2,3)35(17-21-43(37,4)26-46)30-13-15-32(16-14-30)41(51)52/h6-20,25,53-54H,21-24,26-27H2,1-5H3,(H,51,52)/t43-,44-/m1/s1. The van der Waals surface area contributed by atoms with E-state index in [9.17, 15) is 34.5 Å². The van der Waals surface area contributed by atoms with Crippen molar-refractivity contribution in [1.82, 2.24) is 9.80 Å². The molecule has 2 aliphatic heterocycles. The van der Waals surface area contributed by atoms with E-state index in [-0.39, 0.29) is 47.1 Å². The molecule has 54 heavy (non-hydrogen) atoms. The van der Waals surface area contributed by atoms with Crippen molar-refractivity contribution in [1.29, 1.82) is 0 Å². The molecule has 0 fully saturated rings. The number of carboxylic acids is 1. The van der Waals surface area contributed by atoms with Gasteiger partial charge in [-0.3, -0.25) is 14.4 Å². The molecule has 2 amide bonds. The number of hydrogen-bond acceptors (Lipinski definition) is 6. The second-order valence-electron chi connectivity index (χ2n) is 16.3. The van der Waals surface area contributed by atoms with E-state index in [0.717, 1.165) is 17.6 Å². The summed E-state index contributed by atoms with van der Waals surface area (Å²) in [5.74, 6) is -3.67. The minimum absolute atomic E-state index is 0.0708. The lowest BCUT2D eigenvalue weighted by atomic mass is 9.58. The molecule has 2 aliphatic carbocycles. The third-order valence-electron chi connectivity index (χ3n) is 12.0. The van der Waals surface area contributed by atoms with Crippen molar-refractivity contribution < 1.29 is 34.5 Å². The molecule has 2 heterocycles. The SMILES string of the molecule is CC(=O)c1ccc(C2=CC[C@]3(C)CN(C(=O)c4cccc(C(=O)N5CC=C6C(C)(C)C(c7ccc(C(=O)O)cc7)=CC[C@]6(C)C5)c4)CC=C3C2(O)O)cc1. The number of carboxylic acid groups (broad SMARTS) is 1. The number of rotatable bonds is 6. The Hall–Kier alpha value is -5.38. The summed E-state index contributed by atoms with van der Waals surface area (Å²) in [7, 11) is 0. The van der Waals surface area contributed by atoms with Crippen LogP contribution < -0.4 is 0 Å². The molecule has 0 saturated carbocycles. The molecule has 0 radical (unpaired) electrons. The molecule has 0 unspecified atom stereocenters. The van der Waals surface area contributed by atoms with Crippen LogP contribution in [0.1, 0.15) is 100 Å². The Morgan fingerprint density at radius 3 is 1.57 bits per heavy atom. The molecule has 3 aromatic carbocycles. The van der Waals surface area contributed by atoms with Crippen LogP contribution in [0.5, 0.6) is 0 Å². The summed E-state index contributed by atoms with van der Waals surface area (Å²) < 4.78 is 0. The molecule has 7 rings (SSSR count). The quantitative estimate of drug-likeness (QED) is 0.141. The predicted octanol–water partition coefficient (Wildman–Crippen LogP) is 7.05. The first-order valence-electron chi connectivity index (χ1n) is 18.4. The van der Waals surface area contributed by atoms with Crippen LogP contribution in [0.4, 0.5) is 0 Å². The summed E-state index contributed by atoms with van der Waals surface area (Å²) in [5, 5.41) is 32.3. The van der Waals surface area contributed by atoms with E-state index in [2.05, 4.69) is 32.9 Å². The number of hydrogen-bond donors (Lipinski definition) is 3. The van der Waals surface area contributed by atoms with Crippen LogP contribution in [0.25, 0.3) is 11.1 Å². The third-order valence-corrected chi connectivity index (χ3v) is 12.0. The Morgan fingerprint density at radius 1 is 0.593 bits per heavy atom. The highest BCUT2D eigenvalue weighted by atomic mass is 16.5. The lowest BCUT2D eigenvalue weighted by Gasteiger charge is -2.50. The zero-order valence-corrected chi connectivity index (χ0v) is 31.3. The second kappa shape index (κ2) is 13.2. The minimum Gasteiger partial charge on any atom is -0.478 e. The average Bonchev–Trinajstić information content (AvgIpc) is 3.13. The van der Waals surface area contributed by atoms with Gasteiger partial charge in [0.2, 0.25) is 5.79 Å². The first-order valence-corrected chi connectivity index (χ1v) is 18.4. The Kier molecular flexibility index (Phi) is 9.02. The Morgan fingerprint density at radius 2 is 1.06 bits per heavy atom. The topological polar surface area (TPSA) is 135 Å². The molecular weight excluding hydrogens is 681 g/mol. The highest BCUT2D eigenvalue weighted by molar-refractivity contribution is 6.00. The fourth-order valence-corrected chi connectivity index (χ4v) is 9.24. The van der Waals surface area contributed by atoms with E-state index in [4.69, 9.17) is 0 Å². The third kappa shape index (κ3) is 6.25. The van der Waals surface area contributed by atoms with Crippen molar-refractivity contribution in [3.8, 4) is 0 Å². The number of nitrogens with zero attached hydrogens (tertiary/aromatic N) is 2.